The smallest absolute Gasteiger partial charge is 0.335 e. The van der Waals surface area contributed by atoms with Crippen LogP contribution in [0.4, 0.5) is 0 Å². The molecule has 0 aromatic carbocycles. The molecule has 0 aliphatic carbocycles. The standard InChI is InChI=1S/C15H26O7/c1-5-7-9-22-14(17)11(10-12(16)19-3)13(15(18)20-4)21-8-6-2/h11,13H,5-10H2,1-4H3. The molecule has 0 aliphatic rings. The van der Waals surface area contributed by atoms with Gasteiger partial charge in [-0.2, -0.15) is 0 Å². The molecular formula is C15H26O7. The zero-order valence-corrected chi connectivity index (χ0v) is 13.8. The Bertz CT molecular complexity index is 354. The molecule has 2 unspecified atom stereocenters. The molecule has 2 atom stereocenters. The van der Waals surface area contributed by atoms with Gasteiger partial charge in [0.1, 0.15) is 5.92 Å². The molecule has 22 heavy (non-hydrogen) atoms. The van der Waals surface area contributed by atoms with Crippen molar-refractivity contribution in [2.45, 2.75) is 45.6 Å². The van der Waals surface area contributed by atoms with Crippen LogP contribution < -0.4 is 0 Å². The van der Waals surface area contributed by atoms with Gasteiger partial charge in [0.2, 0.25) is 0 Å². The van der Waals surface area contributed by atoms with Crippen LogP contribution in [0.5, 0.6) is 0 Å². The van der Waals surface area contributed by atoms with Gasteiger partial charge in [0.25, 0.3) is 0 Å². The van der Waals surface area contributed by atoms with Gasteiger partial charge in [0.05, 0.1) is 27.2 Å². The van der Waals surface area contributed by atoms with Crippen LogP contribution in [0.25, 0.3) is 0 Å². The highest BCUT2D eigenvalue weighted by Crippen LogP contribution is 2.18. The molecule has 0 spiro atoms. The monoisotopic (exact) mass is 318 g/mol. The molecule has 0 bridgehead atoms. The van der Waals surface area contributed by atoms with E-state index in [4.69, 9.17) is 9.47 Å². The van der Waals surface area contributed by atoms with E-state index in [1.165, 1.54) is 14.2 Å². The van der Waals surface area contributed by atoms with Crippen LogP contribution in [-0.4, -0.2) is 51.4 Å². The van der Waals surface area contributed by atoms with E-state index in [9.17, 15) is 14.4 Å². The Morgan fingerprint density at radius 1 is 0.909 bits per heavy atom. The fraction of sp³-hybridized carbons (Fsp3) is 0.800. The first kappa shape index (κ1) is 20.4. The van der Waals surface area contributed by atoms with Crippen molar-refractivity contribution in [2.24, 2.45) is 5.92 Å². The van der Waals surface area contributed by atoms with Crippen molar-refractivity contribution in [1.29, 1.82) is 0 Å². The summed E-state index contributed by atoms with van der Waals surface area (Å²) in [7, 11) is 2.41. The fourth-order valence-electron chi connectivity index (χ4n) is 1.71. The first-order valence-electron chi connectivity index (χ1n) is 7.44. The first-order chi connectivity index (χ1) is 10.5. The zero-order valence-electron chi connectivity index (χ0n) is 13.8. The van der Waals surface area contributed by atoms with E-state index >= 15 is 0 Å². The second-order valence-electron chi connectivity index (χ2n) is 4.72. The molecule has 0 saturated carbocycles. The van der Waals surface area contributed by atoms with Crippen LogP contribution in [-0.2, 0) is 33.3 Å². The van der Waals surface area contributed by atoms with Crippen LogP contribution in [0.1, 0.15) is 39.5 Å². The topological polar surface area (TPSA) is 88.1 Å². The maximum Gasteiger partial charge on any atom is 0.335 e. The SMILES string of the molecule is CCCCOC(=O)C(CC(=O)OC)C(OCCC)C(=O)OC. The van der Waals surface area contributed by atoms with E-state index in [1.54, 1.807) is 0 Å². The molecule has 0 rings (SSSR count). The third-order valence-corrected chi connectivity index (χ3v) is 2.96. The van der Waals surface area contributed by atoms with Crippen LogP contribution in [0.3, 0.4) is 0 Å². The summed E-state index contributed by atoms with van der Waals surface area (Å²) in [5.41, 5.74) is 0. The molecule has 128 valence electrons. The number of methoxy groups -OCH3 is 2. The fourth-order valence-corrected chi connectivity index (χ4v) is 1.71. The molecule has 0 N–H and O–H groups in total. The van der Waals surface area contributed by atoms with Crippen molar-refractivity contribution in [2.75, 3.05) is 27.4 Å². The van der Waals surface area contributed by atoms with Gasteiger partial charge in [-0.05, 0) is 12.8 Å². The highest BCUT2D eigenvalue weighted by Gasteiger charge is 2.38. The van der Waals surface area contributed by atoms with E-state index < -0.39 is 29.9 Å². The number of carbonyl (C=O) groups excluding carboxylic acids is 3. The minimum Gasteiger partial charge on any atom is -0.469 e. The quantitative estimate of drug-likeness (QED) is 0.324. The van der Waals surface area contributed by atoms with Gasteiger partial charge in [-0.25, -0.2) is 4.79 Å². The van der Waals surface area contributed by atoms with Crippen molar-refractivity contribution in [3.8, 4) is 0 Å². The van der Waals surface area contributed by atoms with Crippen molar-refractivity contribution < 1.29 is 33.3 Å². The molecule has 0 radical (unpaired) electrons. The maximum absolute atomic E-state index is 12.2. The van der Waals surface area contributed by atoms with E-state index in [1.807, 2.05) is 13.8 Å². The average molecular weight is 318 g/mol. The van der Waals surface area contributed by atoms with Crippen molar-refractivity contribution in [1.82, 2.24) is 0 Å². The summed E-state index contributed by atoms with van der Waals surface area (Å²) >= 11 is 0. The van der Waals surface area contributed by atoms with Gasteiger partial charge in [-0.15, -0.1) is 0 Å². The minimum absolute atomic E-state index is 0.231. The predicted octanol–water partition coefficient (Wildman–Crippen LogP) is 1.48. The van der Waals surface area contributed by atoms with E-state index in [0.717, 1.165) is 6.42 Å². The molecule has 7 nitrogen and oxygen atoms in total. The Morgan fingerprint density at radius 3 is 2.09 bits per heavy atom. The number of unbranched alkanes of at least 4 members (excludes halogenated alkanes) is 1. The molecule has 0 aromatic rings. The second kappa shape index (κ2) is 12.0. The van der Waals surface area contributed by atoms with Crippen molar-refractivity contribution in [3.05, 3.63) is 0 Å². The molecule has 0 saturated heterocycles. The summed E-state index contributed by atoms with van der Waals surface area (Å²) in [6.07, 6.45) is 0.740. The third kappa shape index (κ3) is 7.40. The number of ether oxygens (including phenoxy) is 4. The number of hydrogen-bond donors (Lipinski definition) is 0. The minimum atomic E-state index is -1.18. The Labute approximate surface area is 131 Å². The number of esters is 3. The second-order valence-corrected chi connectivity index (χ2v) is 4.72. The molecule has 0 aromatic heterocycles. The average Bonchev–Trinajstić information content (AvgIpc) is 2.53. The summed E-state index contributed by atoms with van der Waals surface area (Å²) in [6, 6.07) is 0. The summed E-state index contributed by atoms with van der Waals surface area (Å²) < 4.78 is 19.7. The predicted molar refractivity (Wildman–Crippen MR) is 78.0 cm³/mol. The lowest BCUT2D eigenvalue weighted by atomic mass is 9.98. The Hall–Kier alpha value is -1.63. The molecule has 0 amide bonds. The van der Waals surface area contributed by atoms with Gasteiger partial charge in [-0.3, -0.25) is 9.59 Å². The van der Waals surface area contributed by atoms with Crippen molar-refractivity contribution in [3.63, 3.8) is 0 Å². The number of rotatable bonds is 11. The highest BCUT2D eigenvalue weighted by molar-refractivity contribution is 5.87. The van der Waals surface area contributed by atoms with E-state index in [2.05, 4.69) is 9.47 Å². The summed E-state index contributed by atoms with van der Waals surface area (Å²) in [5, 5.41) is 0. The van der Waals surface area contributed by atoms with Gasteiger partial charge in [-0.1, -0.05) is 20.3 Å². The maximum atomic E-state index is 12.2. The zero-order chi connectivity index (χ0) is 17.0. The molecule has 0 aliphatic heterocycles. The normalized spacial score (nSPS) is 13.1. The Balaban J connectivity index is 5.06. The third-order valence-electron chi connectivity index (χ3n) is 2.96. The molecule has 0 fully saturated rings. The Morgan fingerprint density at radius 2 is 1.59 bits per heavy atom. The molecule has 7 heteroatoms. The first-order valence-corrected chi connectivity index (χ1v) is 7.44. The van der Waals surface area contributed by atoms with Crippen LogP contribution >= 0.6 is 0 Å². The highest BCUT2D eigenvalue weighted by atomic mass is 16.6. The van der Waals surface area contributed by atoms with Crippen LogP contribution in [0.15, 0.2) is 0 Å². The lowest BCUT2D eigenvalue weighted by Gasteiger charge is -2.23. The summed E-state index contributed by atoms with van der Waals surface area (Å²) in [4.78, 5) is 35.5. The van der Waals surface area contributed by atoms with Gasteiger partial charge in [0.15, 0.2) is 6.10 Å². The van der Waals surface area contributed by atoms with Gasteiger partial charge < -0.3 is 18.9 Å². The van der Waals surface area contributed by atoms with Crippen LogP contribution in [0.2, 0.25) is 0 Å². The molecular weight excluding hydrogens is 292 g/mol. The van der Waals surface area contributed by atoms with E-state index in [-0.39, 0.29) is 19.6 Å². The summed E-state index contributed by atoms with van der Waals surface area (Å²) in [6.45, 7) is 4.32. The number of carbonyl (C=O) groups is 3. The lowest BCUT2D eigenvalue weighted by molar-refractivity contribution is -0.172. The van der Waals surface area contributed by atoms with Crippen LogP contribution in [0, 0.1) is 5.92 Å². The van der Waals surface area contributed by atoms with Crippen molar-refractivity contribution >= 4 is 17.9 Å². The lowest BCUT2D eigenvalue weighted by Crippen LogP contribution is -2.40. The van der Waals surface area contributed by atoms with E-state index in [0.29, 0.717) is 12.8 Å². The van der Waals surface area contributed by atoms with Gasteiger partial charge in [0, 0.05) is 6.61 Å². The molecule has 0 heterocycles. The Kier molecular flexibility index (Phi) is 11.1. The largest absolute Gasteiger partial charge is 0.469 e. The summed E-state index contributed by atoms with van der Waals surface area (Å²) in [5.74, 6) is -3.07. The number of hydrogen-bond acceptors (Lipinski definition) is 7. The van der Waals surface area contributed by atoms with Gasteiger partial charge >= 0.3 is 17.9 Å².